The fourth-order valence-corrected chi connectivity index (χ4v) is 1.77. The van der Waals surface area contributed by atoms with E-state index in [4.69, 9.17) is 10.5 Å². The summed E-state index contributed by atoms with van der Waals surface area (Å²) in [6.45, 7) is 1.89. The number of ether oxygens (including phenoxy) is 1. The number of hydrogen-bond donors (Lipinski definition) is 1. The highest BCUT2D eigenvalue weighted by Gasteiger charge is 2.20. The minimum absolute atomic E-state index is 0.343. The average Bonchev–Trinajstić information content (AvgIpc) is 2.51. The molecule has 0 unspecified atom stereocenters. The maximum absolute atomic E-state index is 11.6. The van der Waals surface area contributed by atoms with Crippen LogP contribution in [0.4, 0.5) is 5.69 Å². The van der Waals surface area contributed by atoms with Crippen molar-refractivity contribution in [2.75, 3.05) is 12.8 Å². The summed E-state index contributed by atoms with van der Waals surface area (Å²) in [5.74, 6) is -0.448. The summed E-state index contributed by atoms with van der Waals surface area (Å²) in [5, 5.41) is 0.772. The monoisotopic (exact) mass is 219 g/mol. The normalized spacial score (nSPS) is 10.7. The van der Waals surface area contributed by atoms with Crippen LogP contribution in [0.25, 0.3) is 11.0 Å². The summed E-state index contributed by atoms with van der Waals surface area (Å²) in [6, 6.07) is 3.72. The number of aryl methyl sites for hydroxylation is 2. The third-order valence-electron chi connectivity index (χ3n) is 2.59. The van der Waals surface area contributed by atoms with Gasteiger partial charge in [-0.15, -0.1) is 0 Å². The Morgan fingerprint density at radius 2 is 2.19 bits per heavy atom. The lowest BCUT2D eigenvalue weighted by molar-refractivity contribution is 0.0591. The van der Waals surface area contributed by atoms with E-state index < -0.39 is 5.97 Å². The van der Waals surface area contributed by atoms with Crippen molar-refractivity contribution in [3.63, 3.8) is 0 Å². The molecule has 2 aromatic heterocycles. The summed E-state index contributed by atoms with van der Waals surface area (Å²) in [7, 11) is 3.08. The quantitative estimate of drug-likeness (QED) is 0.733. The van der Waals surface area contributed by atoms with Crippen LogP contribution in [0, 0.1) is 6.92 Å². The van der Waals surface area contributed by atoms with Crippen molar-refractivity contribution in [3.05, 3.63) is 23.5 Å². The third kappa shape index (κ3) is 1.32. The molecule has 2 heterocycles. The number of methoxy groups -OCH3 is 1. The van der Waals surface area contributed by atoms with Gasteiger partial charge in [0, 0.05) is 18.1 Å². The number of carbonyl (C=O) groups is 1. The molecule has 2 aromatic rings. The Morgan fingerprint density at radius 1 is 1.50 bits per heavy atom. The summed E-state index contributed by atoms with van der Waals surface area (Å²) >= 11 is 0. The van der Waals surface area contributed by atoms with E-state index in [1.807, 2.05) is 19.1 Å². The van der Waals surface area contributed by atoms with Gasteiger partial charge in [0.15, 0.2) is 5.69 Å². The Balaban J connectivity index is 2.81. The van der Waals surface area contributed by atoms with Crippen LogP contribution in [-0.2, 0) is 11.8 Å². The molecule has 0 fully saturated rings. The van der Waals surface area contributed by atoms with Crippen LogP contribution in [0.5, 0.6) is 0 Å². The Morgan fingerprint density at radius 3 is 2.81 bits per heavy atom. The zero-order valence-electron chi connectivity index (χ0n) is 9.44. The Labute approximate surface area is 92.8 Å². The first-order chi connectivity index (χ1) is 7.56. The topological polar surface area (TPSA) is 70.1 Å². The van der Waals surface area contributed by atoms with E-state index in [1.165, 1.54) is 7.11 Å². The van der Waals surface area contributed by atoms with Crippen molar-refractivity contribution in [2.45, 2.75) is 6.92 Å². The Hall–Kier alpha value is -2.04. The maximum Gasteiger partial charge on any atom is 0.356 e. The molecule has 84 valence electrons. The van der Waals surface area contributed by atoms with Crippen LogP contribution in [0.1, 0.15) is 16.2 Å². The summed E-state index contributed by atoms with van der Waals surface area (Å²) < 4.78 is 6.35. The smallest absolute Gasteiger partial charge is 0.356 e. The van der Waals surface area contributed by atoms with Crippen molar-refractivity contribution >= 4 is 22.7 Å². The third-order valence-corrected chi connectivity index (χ3v) is 2.59. The summed E-state index contributed by atoms with van der Waals surface area (Å²) in [5.41, 5.74) is 8.23. The van der Waals surface area contributed by atoms with Crippen LogP contribution >= 0.6 is 0 Å². The van der Waals surface area contributed by atoms with Gasteiger partial charge in [-0.1, -0.05) is 0 Å². The van der Waals surface area contributed by atoms with E-state index in [0.717, 1.165) is 11.1 Å². The second kappa shape index (κ2) is 3.52. The molecule has 5 heteroatoms. The molecule has 0 radical (unpaired) electrons. The fourth-order valence-electron chi connectivity index (χ4n) is 1.77. The molecule has 0 saturated heterocycles. The molecule has 2 rings (SSSR count). The lowest BCUT2D eigenvalue weighted by Crippen LogP contribution is -2.10. The Bertz CT molecular complexity index is 572. The lowest BCUT2D eigenvalue weighted by Gasteiger charge is -2.01. The largest absolute Gasteiger partial charge is 0.464 e. The molecule has 0 amide bonds. The predicted molar refractivity (Wildman–Crippen MR) is 61.2 cm³/mol. The first kappa shape index (κ1) is 10.5. The second-order valence-electron chi connectivity index (χ2n) is 3.64. The number of rotatable bonds is 1. The van der Waals surface area contributed by atoms with Gasteiger partial charge in [-0.05, 0) is 19.1 Å². The van der Waals surface area contributed by atoms with Gasteiger partial charge in [0.25, 0.3) is 0 Å². The SMILES string of the molecule is COC(=O)c1c(N)c2ccc(C)nc2n1C. The maximum atomic E-state index is 11.6. The van der Waals surface area contributed by atoms with E-state index in [9.17, 15) is 4.79 Å². The molecule has 0 bridgehead atoms. The van der Waals surface area contributed by atoms with Crippen LogP contribution in [-0.4, -0.2) is 22.6 Å². The molecule has 0 aliphatic carbocycles. The first-order valence-electron chi connectivity index (χ1n) is 4.86. The average molecular weight is 219 g/mol. The number of anilines is 1. The van der Waals surface area contributed by atoms with Gasteiger partial charge in [0.05, 0.1) is 12.8 Å². The molecule has 0 aliphatic heterocycles. The van der Waals surface area contributed by atoms with Gasteiger partial charge in [-0.3, -0.25) is 0 Å². The van der Waals surface area contributed by atoms with E-state index in [0.29, 0.717) is 17.0 Å². The highest BCUT2D eigenvalue weighted by Crippen LogP contribution is 2.26. The first-order valence-corrected chi connectivity index (χ1v) is 4.86. The zero-order chi connectivity index (χ0) is 11.9. The van der Waals surface area contributed by atoms with Crippen molar-refractivity contribution in [1.82, 2.24) is 9.55 Å². The molecular formula is C11H13N3O2. The van der Waals surface area contributed by atoms with Gasteiger partial charge in [0.2, 0.25) is 0 Å². The van der Waals surface area contributed by atoms with Crippen LogP contribution in [0.15, 0.2) is 12.1 Å². The molecule has 0 saturated carbocycles. The number of aromatic nitrogens is 2. The number of nitrogens with two attached hydrogens (primary N) is 1. The number of hydrogen-bond acceptors (Lipinski definition) is 4. The zero-order valence-corrected chi connectivity index (χ0v) is 9.44. The van der Waals surface area contributed by atoms with Crippen LogP contribution in [0.3, 0.4) is 0 Å². The van der Waals surface area contributed by atoms with Gasteiger partial charge < -0.3 is 15.0 Å². The van der Waals surface area contributed by atoms with Crippen molar-refractivity contribution < 1.29 is 9.53 Å². The highest BCUT2D eigenvalue weighted by molar-refractivity contribution is 6.04. The number of carbonyl (C=O) groups excluding carboxylic acids is 1. The molecule has 2 N–H and O–H groups in total. The molecule has 5 nitrogen and oxygen atoms in total. The minimum Gasteiger partial charge on any atom is -0.464 e. The molecule has 0 atom stereocenters. The molecule has 0 aliphatic rings. The molecular weight excluding hydrogens is 206 g/mol. The van der Waals surface area contributed by atoms with E-state index in [1.54, 1.807) is 11.6 Å². The van der Waals surface area contributed by atoms with Gasteiger partial charge in [-0.25, -0.2) is 9.78 Å². The fraction of sp³-hybridized carbons (Fsp3) is 0.273. The van der Waals surface area contributed by atoms with Crippen LogP contribution < -0.4 is 5.73 Å². The van der Waals surface area contributed by atoms with Gasteiger partial charge >= 0.3 is 5.97 Å². The molecule has 0 spiro atoms. The predicted octanol–water partition coefficient (Wildman–Crippen LogP) is 1.25. The highest BCUT2D eigenvalue weighted by atomic mass is 16.5. The lowest BCUT2D eigenvalue weighted by atomic mass is 10.2. The number of nitrogen functional groups attached to an aromatic ring is 1. The standard InChI is InChI=1S/C11H13N3O2/c1-6-4-5-7-8(12)9(11(15)16-3)14(2)10(7)13-6/h4-5H,12H2,1-3H3. The number of fused-ring (bicyclic) bond motifs is 1. The van der Waals surface area contributed by atoms with Gasteiger partial charge in [-0.2, -0.15) is 0 Å². The summed E-state index contributed by atoms with van der Waals surface area (Å²) in [6.07, 6.45) is 0. The minimum atomic E-state index is -0.448. The number of pyridine rings is 1. The number of nitrogens with zero attached hydrogens (tertiary/aromatic N) is 2. The van der Waals surface area contributed by atoms with Gasteiger partial charge in [0.1, 0.15) is 5.65 Å². The molecule has 0 aromatic carbocycles. The van der Waals surface area contributed by atoms with Crippen molar-refractivity contribution in [3.8, 4) is 0 Å². The van der Waals surface area contributed by atoms with E-state index >= 15 is 0 Å². The molecule has 16 heavy (non-hydrogen) atoms. The van der Waals surface area contributed by atoms with Crippen molar-refractivity contribution in [1.29, 1.82) is 0 Å². The second-order valence-corrected chi connectivity index (χ2v) is 3.64. The van der Waals surface area contributed by atoms with E-state index in [-0.39, 0.29) is 0 Å². The Kier molecular flexibility index (Phi) is 2.30. The van der Waals surface area contributed by atoms with E-state index in [2.05, 4.69) is 4.98 Å². The van der Waals surface area contributed by atoms with Crippen molar-refractivity contribution in [2.24, 2.45) is 7.05 Å². The van der Waals surface area contributed by atoms with Crippen LogP contribution in [0.2, 0.25) is 0 Å². The number of esters is 1. The summed E-state index contributed by atoms with van der Waals surface area (Å²) in [4.78, 5) is 15.9.